The van der Waals surface area contributed by atoms with Gasteiger partial charge in [0.1, 0.15) is 0 Å². The minimum Gasteiger partial charge on any atom is -0.387 e. The van der Waals surface area contributed by atoms with E-state index in [1.165, 1.54) is 0 Å². The van der Waals surface area contributed by atoms with Crippen molar-refractivity contribution in [2.24, 2.45) is 0 Å². The second-order valence-corrected chi connectivity index (χ2v) is 6.25. The van der Waals surface area contributed by atoms with Gasteiger partial charge in [-0.15, -0.1) is 11.8 Å². The third-order valence-corrected chi connectivity index (χ3v) is 3.19. The van der Waals surface area contributed by atoms with Crippen molar-refractivity contribution >= 4 is 17.8 Å². The van der Waals surface area contributed by atoms with E-state index in [0.717, 1.165) is 10.5 Å². The van der Waals surface area contributed by atoms with Crippen LogP contribution in [0.4, 0.5) is 4.79 Å². The van der Waals surface area contributed by atoms with E-state index in [4.69, 9.17) is 0 Å². The highest BCUT2D eigenvalue weighted by atomic mass is 32.2. The molecule has 0 unspecified atom stereocenters. The molecule has 3 N–H and O–H groups in total. The number of urea groups is 1. The highest BCUT2D eigenvalue weighted by molar-refractivity contribution is 7.98. The van der Waals surface area contributed by atoms with Crippen molar-refractivity contribution in [2.75, 3.05) is 12.8 Å². The number of benzene rings is 1. The van der Waals surface area contributed by atoms with Gasteiger partial charge in [-0.3, -0.25) is 0 Å². The molecule has 0 bridgehead atoms. The van der Waals surface area contributed by atoms with Gasteiger partial charge in [-0.2, -0.15) is 0 Å². The summed E-state index contributed by atoms with van der Waals surface area (Å²) in [6.07, 6.45) is 1.31. The number of hydrogen-bond acceptors (Lipinski definition) is 3. The van der Waals surface area contributed by atoms with Gasteiger partial charge < -0.3 is 15.7 Å². The largest absolute Gasteiger partial charge is 0.387 e. The van der Waals surface area contributed by atoms with E-state index in [9.17, 15) is 9.90 Å². The fraction of sp³-hybridized carbons (Fsp3) is 0.500. The monoisotopic (exact) mass is 282 g/mol. The molecule has 2 amide bonds. The number of hydrogen-bond donors (Lipinski definition) is 3. The van der Waals surface area contributed by atoms with Crippen molar-refractivity contribution in [1.29, 1.82) is 0 Å². The molecule has 0 saturated heterocycles. The first kappa shape index (κ1) is 15.9. The van der Waals surface area contributed by atoms with Gasteiger partial charge in [-0.05, 0) is 44.7 Å². The number of aliphatic hydroxyl groups is 1. The van der Waals surface area contributed by atoms with E-state index in [1.807, 2.05) is 51.3 Å². The number of amides is 2. The van der Waals surface area contributed by atoms with Gasteiger partial charge in [0.05, 0.1) is 6.10 Å². The molecule has 0 aliphatic heterocycles. The Bertz CT molecular complexity index is 412. The van der Waals surface area contributed by atoms with Crippen molar-refractivity contribution in [3.05, 3.63) is 29.8 Å². The van der Waals surface area contributed by atoms with Crippen LogP contribution in [0.5, 0.6) is 0 Å². The lowest BCUT2D eigenvalue weighted by Crippen LogP contribution is -2.47. The van der Waals surface area contributed by atoms with Gasteiger partial charge >= 0.3 is 6.03 Å². The summed E-state index contributed by atoms with van der Waals surface area (Å²) in [5.41, 5.74) is 0.517. The number of aliphatic hydroxyl groups excluding tert-OH is 1. The van der Waals surface area contributed by atoms with Crippen molar-refractivity contribution in [3.8, 4) is 0 Å². The molecule has 5 heteroatoms. The Morgan fingerprint density at radius 1 is 1.32 bits per heavy atom. The van der Waals surface area contributed by atoms with Crippen LogP contribution in [0, 0.1) is 0 Å². The number of thioether (sulfide) groups is 1. The van der Waals surface area contributed by atoms with Gasteiger partial charge in [0.15, 0.2) is 0 Å². The van der Waals surface area contributed by atoms with Crippen molar-refractivity contribution < 1.29 is 9.90 Å². The smallest absolute Gasteiger partial charge is 0.315 e. The molecule has 0 aromatic heterocycles. The van der Waals surface area contributed by atoms with E-state index >= 15 is 0 Å². The lowest BCUT2D eigenvalue weighted by Gasteiger charge is -2.21. The standard InChI is InChI=1S/C14H22N2O2S/c1-14(2,3)16-13(18)15-9-12(17)10-5-7-11(19-4)8-6-10/h5-8,12,17H,9H2,1-4H3,(H2,15,16,18)/t12-/m1/s1. The summed E-state index contributed by atoms with van der Waals surface area (Å²) in [6, 6.07) is 7.39. The molecule has 0 saturated carbocycles. The molecule has 4 nitrogen and oxygen atoms in total. The maximum Gasteiger partial charge on any atom is 0.315 e. The predicted octanol–water partition coefficient (Wildman–Crippen LogP) is 2.54. The normalized spacial score (nSPS) is 12.9. The molecule has 0 spiro atoms. The Labute approximate surface area is 119 Å². The zero-order chi connectivity index (χ0) is 14.5. The lowest BCUT2D eigenvalue weighted by atomic mass is 10.1. The predicted molar refractivity (Wildman–Crippen MR) is 79.5 cm³/mol. The number of carbonyl (C=O) groups is 1. The van der Waals surface area contributed by atoms with Crippen LogP contribution in [-0.2, 0) is 0 Å². The summed E-state index contributed by atoms with van der Waals surface area (Å²) >= 11 is 1.65. The summed E-state index contributed by atoms with van der Waals surface area (Å²) in [4.78, 5) is 12.7. The second-order valence-electron chi connectivity index (χ2n) is 5.37. The first-order valence-corrected chi connectivity index (χ1v) is 7.42. The van der Waals surface area contributed by atoms with Crippen LogP contribution >= 0.6 is 11.8 Å². The molecule has 1 atom stereocenters. The van der Waals surface area contributed by atoms with Crippen LogP contribution in [-0.4, -0.2) is 29.5 Å². The van der Waals surface area contributed by atoms with Crippen LogP contribution in [0.1, 0.15) is 32.4 Å². The van der Waals surface area contributed by atoms with E-state index in [1.54, 1.807) is 11.8 Å². The first-order chi connectivity index (χ1) is 8.81. The molecule has 1 rings (SSSR count). The number of rotatable bonds is 4. The van der Waals surface area contributed by atoms with Crippen LogP contribution in [0.3, 0.4) is 0 Å². The van der Waals surface area contributed by atoms with Crippen LogP contribution in [0.25, 0.3) is 0 Å². The Kier molecular flexibility index (Phi) is 5.69. The minimum absolute atomic E-state index is 0.195. The van der Waals surface area contributed by atoms with Gasteiger partial charge in [-0.1, -0.05) is 12.1 Å². The topological polar surface area (TPSA) is 61.4 Å². The SMILES string of the molecule is CSc1ccc([C@H](O)CNC(=O)NC(C)(C)C)cc1. The highest BCUT2D eigenvalue weighted by Crippen LogP contribution is 2.18. The van der Waals surface area contributed by atoms with E-state index in [0.29, 0.717) is 0 Å². The molecule has 1 aromatic carbocycles. The van der Waals surface area contributed by atoms with Crippen molar-refractivity contribution in [2.45, 2.75) is 37.3 Å². The Morgan fingerprint density at radius 3 is 2.37 bits per heavy atom. The lowest BCUT2D eigenvalue weighted by molar-refractivity contribution is 0.171. The van der Waals surface area contributed by atoms with Gasteiger partial charge in [-0.25, -0.2) is 4.79 Å². The quantitative estimate of drug-likeness (QED) is 0.744. The van der Waals surface area contributed by atoms with Gasteiger partial charge in [0, 0.05) is 17.0 Å². The van der Waals surface area contributed by atoms with Gasteiger partial charge in [0.2, 0.25) is 0 Å². The van der Waals surface area contributed by atoms with Crippen molar-refractivity contribution in [3.63, 3.8) is 0 Å². The van der Waals surface area contributed by atoms with E-state index < -0.39 is 6.10 Å². The van der Waals surface area contributed by atoms with Gasteiger partial charge in [0.25, 0.3) is 0 Å². The zero-order valence-corrected chi connectivity index (χ0v) is 12.7. The molecule has 1 aromatic rings. The van der Waals surface area contributed by atoms with Crippen LogP contribution in [0.2, 0.25) is 0 Å². The van der Waals surface area contributed by atoms with Crippen LogP contribution < -0.4 is 10.6 Å². The Morgan fingerprint density at radius 2 is 1.89 bits per heavy atom. The first-order valence-electron chi connectivity index (χ1n) is 6.20. The molecule has 19 heavy (non-hydrogen) atoms. The third-order valence-electron chi connectivity index (χ3n) is 2.45. The summed E-state index contributed by atoms with van der Waals surface area (Å²) in [5, 5.41) is 15.4. The zero-order valence-electron chi connectivity index (χ0n) is 11.9. The molecular formula is C14H22N2O2S. The molecule has 0 radical (unpaired) electrons. The van der Waals surface area contributed by atoms with Crippen LogP contribution in [0.15, 0.2) is 29.2 Å². The number of nitrogens with one attached hydrogen (secondary N) is 2. The molecule has 106 valence electrons. The summed E-state index contributed by atoms with van der Waals surface area (Å²) < 4.78 is 0. The highest BCUT2D eigenvalue weighted by Gasteiger charge is 2.14. The summed E-state index contributed by atoms with van der Waals surface area (Å²) in [5.74, 6) is 0. The third kappa shape index (κ3) is 5.98. The van der Waals surface area contributed by atoms with Crippen molar-refractivity contribution in [1.82, 2.24) is 10.6 Å². The Hall–Kier alpha value is -1.20. The average Bonchev–Trinajstić information content (AvgIpc) is 2.34. The molecular weight excluding hydrogens is 260 g/mol. The fourth-order valence-corrected chi connectivity index (χ4v) is 1.93. The number of carbonyl (C=O) groups excluding carboxylic acids is 1. The summed E-state index contributed by atoms with van der Waals surface area (Å²) in [6.45, 7) is 5.92. The molecule has 0 heterocycles. The second kappa shape index (κ2) is 6.82. The maximum atomic E-state index is 11.6. The molecule has 0 aliphatic carbocycles. The Balaban J connectivity index is 2.46. The molecule has 0 aliphatic rings. The maximum absolute atomic E-state index is 11.6. The van der Waals surface area contributed by atoms with E-state index in [2.05, 4.69) is 10.6 Å². The molecule has 0 fully saturated rings. The average molecular weight is 282 g/mol. The summed E-state index contributed by atoms with van der Waals surface area (Å²) in [7, 11) is 0. The fourth-order valence-electron chi connectivity index (χ4n) is 1.52. The van der Waals surface area contributed by atoms with E-state index in [-0.39, 0.29) is 18.1 Å². The minimum atomic E-state index is -0.693.